The Kier molecular flexibility index (Phi) is 5.55. The molecule has 1 rings (SSSR count). The smallest absolute Gasteiger partial charge is 0.337 e. The molecule has 0 saturated heterocycles. The first-order valence-corrected chi connectivity index (χ1v) is 6.68. The van der Waals surface area contributed by atoms with Crippen molar-refractivity contribution in [2.75, 3.05) is 18.5 Å². The highest BCUT2D eigenvalue weighted by Crippen LogP contribution is 2.19. The van der Waals surface area contributed by atoms with E-state index < -0.39 is 5.97 Å². The average molecular weight is 278 g/mol. The summed E-state index contributed by atoms with van der Waals surface area (Å²) < 4.78 is 0. The summed E-state index contributed by atoms with van der Waals surface area (Å²) in [7, 11) is 1.57. The number of rotatable bonds is 5. The first-order chi connectivity index (χ1) is 9.34. The molecule has 0 heterocycles. The first-order valence-electron chi connectivity index (χ1n) is 6.68. The summed E-state index contributed by atoms with van der Waals surface area (Å²) in [6.45, 7) is 6.83. The van der Waals surface area contributed by atoms with Crippen LogP contribution in [0.1, 0.15) is 31.1 Å². The van der Waals surface area contributed by atoms with Gasteiger partial charge < -0.3 is 10.4 Å². The van der Waals surface area contributed by atoms with Crippen LogP contribution in [0, 0.1) is 11.8 Å². The number of hydrogen-bond acceptors (Lipinski definition) is 2. The summed E-state index contributed by atoms with van der Waals surface area (Å²) >= 11 is 0. The van der Waals surface area contributed by atoms with Gasteiger partial charge in [0, 0.05) is 13.6 Å². The van der Waals surface area contributed by atoms with Gasteiger partial charge in [-0.15, -0.1) is 0 Å². The van der Waals surface area contributed by atoms with E-state index in [9.17, 15) is 9.59 Å². The van der Waals surface area contributed by atoms with E-state index in [1.54, 1.807) is 25.2 Å². The maximum Gasteiger partial charge on any atom is 0.337 e. The molecule has 1 aromatic carbocycles. The number of nitrogens with one attached hydrogen (secondary N) is 1. The second-order valence-electron chi connectivity index (χ2n) is 5.29. The molecule has 2 amide bonds. The van der Waals surface area contributed by atoms with Crippen molar-refractivity contribution in [3.05, 3.63) is 29.8 Å². The molecule has 1 aromatic rings. The number of aromatic carboxylic acids is 1. The van der Waals surface area contributed by atoms with Gasteiger partial charge in [-0.1, -0.05) is 32.9 Å². The number of urea groups is 1. The van der Waals surface area contributed by atoms with Crippen molar-refractivity contribution in [1.29, 1.82) is 0 Å². The van der Waals surface area contributed by atoms with Crippen molar-refractivity contribution >= 4 is 17.7 Å². The van der Waals surface area contributed by atoms with Gasteiger partial charge in [0.1, 0.15) is 0 Å². The highest BCUT2D eigenvalue weighted by atomic mass is 16.4. The van der Waals surface area contributed by atoms with Gasteiger partial charge in [0.25, 0.3) is 0 Å². The number of carbonyl (C=O) groups is 2. The number of nitrogens with zero attached hydrogens (tertiary/aromatic N) is 1. The Labute approximate surface area is 119 Å². The fraction of sp³-hybridized carbons (Fsp3) is 0.467. The van der Waals surface area contributed by atoms with Crippen LogP contribution in [0.2, 0.25) is 0 Å². The van der Waals surface area contributed by atoms with E-state index in [1.807, 2.05) is 0 Å². The van der Waals surface area contributed by atoms with E-state index in [-0.39, 0.29) is 11.6 Å². The summed E-state index contributed by atoms with van der Waals surface area (Å²) in [5.74, 6) is -0.204. The first kappa shape index (κ1) is 16.0. The molecule has 0 radical (unpaired) electrons. The van der Waals surface area contributed by atoms with Crippen molar-refractivity contribution in [3.63, 3.8) is 0 Å². The fourth-order valence-corrected chi connectivity index (χ4v) is 1.66. The van der Waals surface area contributed by atoms with Gasteiger partial charge in [-0.25, -0.2) is 9.59 Å². The summed E-state index contributed by atoms with van der Waals surface area (Å²) in [5, 5.41) is 12.0. The quantitative estimate of drug-likeness (QED) is 0.870. The lowest BCUT2D eigenvalue weighted by Crippen LogP contribution is -2.40. The predicted octanol–water partition coefficient (Wildman–Crippen LogP) is 2.82. The van der Waals surface area contributed by atoms with Gasteiger partial charge >= 0.3 is 12.0 Å². The molecule has 0 fully saturated rings. The van der Waals surface area contributed by atoms with Crippen LogP contribution in [0.15, 0.2) is 24.3 Å². The molecule has 110 valence electrons. The predicted molar refractivity (Wildman–Crippen MR) is 79.2 cm³/mol. The van der Waals surface area contributed by atoms with Crippen LogP contribution >= 0.6 is 0 Å². The zero-order valence-electron chi connectivity index (χ0n) is 12.4. The average Bonchev–Trinajstić information content (AvgIpc) is 2.43. The minimum Gasteiger partial charge on any atom is -0.478 e. The number of anilines is 1. The summed E-state index contributed by atoms with van der Waals surface area (Å²) in [4.78, 5) is 24.5. The van der Waals surface area contributed by atoms with Crippen molar-refractivity contribution in [1.82, 2.24) is 5.32 Å². The zero-order chi connectivity index (χ0) is 15.3. The molecule has 0 aliphatic heterocycles. The topological polar surface area (TPSA) is 69.6 Å². The highest BCUT2D eigenvalue weighted by molar-refractivity contribution is 6.01. The van der Waals surface area contributed by atoms with Crippen LogP contribution < -0.4 is 10.2 Å². The lowest BCUT2D eigenvalue weighted by molar-refractivity contribution is 0.0697. The molecule has 20 heavy (non-hydrogen) atoms. The van der Waals surface area contributed by atoms with Crippen LogP contribution in [0.25, 0.3) is 0 Å². The molecule has 0 aromatic heterocycles. The van der Waals surface area contributed by atoms with Crippen LogP contribution in [0.5, 0.6) is 0 Å². The van der Waals surface area contributed by atoms with Crippen LogP contribution in [-0.4, -0.2) is 30.7 Å². The number of hydrogen-bond donors (Lipinski definition) is 2. The van der Waals surface area contributed by atoms with Gasteiger partial charge in [-0.05, 0) is 24.0 Å². The molecule has 0 aliphatic carbocycles. The maximum atomic E-state index is 12.1. The largest absolute Gasteiger partial charge is 0.478 e. The Morgan fingerprint density at radius 2 is 1.85 bits per heavy atom. The monoisotopic (exact) mass is 278 g/mol. The maximum absolute atomic E-state index is 12.1. The third-order valence-corrected chi connectivity index (χ3v) is 3.51. The molecule has 5 heteroatoms. The molecule has 0 spiro atoms. The molecular formula is C15H22N2O3. The number of amides is 2. The van der Waals surface area contributed by atoms with E-state index in [2.05, 4.69) is 26.1 Å². The Balaban J connectivity index is 2.77. The summed E-state index contributed by atoms with van der Waals surface area (Å²) in [6.07, 6.45) is 0. The molecule has 5 nitrogen and oxygen atoms in total. The zero-order valence-corrected chi connectivity index (χ0v) is 12.4. The van der Waals surface area contributed by atoms with E-state index in [1.165, 1.54) is 11.0 Å². The van der Waals surface area contributed by atoms with Crippen molar-refractivity contribution in [3.8, 4) is 0 Å². The highest BCUT2D eigenvalue weighted by Gasteiger charge is 2.18. The van der Waals surface area contributed by atoms with Gasteiger partial charge in [-0.3, -0.25) is 4.90 Å². The number of para-hydroxylation sites is 1. The molecule has 2 N–H and O–H groups in total. The second kappa shape index (κ2) is 6.93. The van der Waals surface area contributed by atoms with E-state index in [0.29, 0.717) is 24.1 Å². The van der Waals surface area contributed by atoms with Gasteiger partial charge in [-0.2, -0.15) is 0 Å². The third kappa shape index (κ3) is 3.98. The Hall–Kier alpha value is -2.04. The molecule has 1 unspecified atom stereocenters. The molecular weight excluding hydrogens is 256 g/mol. The van der Waals surface area contributed by atoms with E-state index in [0.717, 1.165) is 0 Å². The Morgan fingerprint density at radius 1 is 1.25 bits per heavy atom. The number of carboxylic acid groups (broad SMARTS) is 1. The lowest BCUT2D eigenvalue weighted by atomic mass is 9.98. The Morgan fingerprint density at radius 3 is 2.40 bits per heavy atom. The van der Waals surface area contributed by atoms with Crippen LogP contribution in [0.4, 0.5) is 10.5 Å². The number of carboxylic acids is 1. The van der Waals surface area contributed by atoms with Crippen molar-refractivity contribution < 1.29 is 14.7 Å². The SMILES string of the molecule is CC(C)C(C)CNC(=O)N(C)c1ccccc1C(=O)O. The number of benzene rings is 1. The summed E-state index contributed by atoms with van der Waals surface area (Å²) in [5.41, 5.74) is 0.497. The molecule has 0 aliphatic rings. The normalized spacial score (nSPS) is 12.1. The lowest BCUT2D eigenvalue weighted by Gasteiger charge is -2.22. The van der Waals surface area contributed by atoms with Gasteiger partial charge in [0.2, 0.25) is 0 Å². The standard InChI is InChI=1S/C15H22N2O3/c1-10(2)11(3)9-16-15(20)17(4)13-8-6-5-7-12(13)14(18)19/h5-8,10-11H,9H2,1-4H3,(H,16,20)(H,18,19). The van der Waals surface area contributed by atoms with Gasteiger partial charge in [0.15, 0.2) is 0 Å². The van der Waals surface area contributed by atoms with Crippen LogP contribution in [0.3, 0.4) is 0 Å². The Bertz CT molecular complexity index is 486. The van der Waals surface area contributed by atoms with Crippen LogP contribution in [-0.2, 0) is 0 Å². The summed E-state index contributed by atoms with van der Waals surface area (Å²) in [6, 6.07) is 6.15. The fourth-order valence-electron chi connectivity index (χ4n) is 1.66. The van der Waals surface area contributed by atoms with Gasteiger partial charge in [0.05, 0.1) is 11.3 Å². The minimum atomic E-state index is -1.05. The molecule has 0 bridgehead atoms. The second-order valence-corrected chi connectivity index (χ2v) is 5.29. The van der Waals surface area contributed by atoms with Crippen molar-refractivity contribution in [2.45, 2.75) is 20.8 Å². The third-order valence-electron chi connectivity index (χ3n) is 3.51. The van der Waals surface area contributed by atoms with Crippen molar-refractivity contribution in [2.24, 2.45) is 11.8 Å². The van der Waals surface area contributed by atoms with E-state index in [4.69, 9.17) is 5.11 Å². The number of carbonyl (C=O) groups excluding carboxylic acids is 1. The minimum absolute atomic E-state index is 0.113. The van der Waals surface area contributed by atoms with E-state index >= 15 is 0 Å². The molecule has 1 atom stereocenters. The molecule has 0 saturated carbocycles.